The molecule has 1 N–H and O–H groups in total. The molecule has 0 spiro atoms. The average Bonchev–Trinajstić information content (AvgIpc) is 2.17. The van der Waals surface area contributed by atoms with Crippen LogP contribution in [0.3, 0.4) is 0 Å². The molecule has 14 heavy (non-hydrogen) atoms. The number of allylic oxidation sites excluding steroid dienone is 4. The molecule has 0 saturated heterocycles. The zero-order chi connectivity index (χ0) is 11.0. The zero-order valence-corrected chi connectivity index (χ0v) is 8.78. The standard InChI is InChI=1S/C11H16O3/c1-9(7-11(13)14-3)5-4-6-10(2)8-12/h4-7,12H,8H2,1-3H3/b5-4+,9-7+,10-6+. The molecular formula is C11H16O3. The van der Waals surface area contributed by atoms with Crippen molar-refractivity contribution in [2.45, 2.75) is 13.8 Å². The molecule has 0 amide bonds. The second-order valence-corrected chi connectivity index (χ2v) is 2.94. The molecule has 0 aliphatic rings. The monoisotopic (exact) mass is 196 g/mol. The van der Waals surface area contributed by atoms with E-state index in [1.54, 1.807) is 25.2 Å². The van der Waals surface area contributed by atoms with Crippen molar-refractivity contribution >= 4 is 5.97 Å². The molecular weight excluding hydrogens is 180 g/mol. The first-order chi connectivity index (χ1) is 6.60. The fraction of sp³-hybridized carbons (Fsp3) is 0.364. The maximum Gasteiger partial charge on any atom is 0.330 e. The second-order valence-electron chi connectivity index (χ2n) is 2.94. The topological polar surface area (TPSA) is 46.5 Å². The summed E-state index contributed by atoms with van der Waals surface area (Å²) in [5.74, 6) is -0.366. The van der Waals surface area contributed by atoms with E-state index in [1.165, 1.54) is 13.2 Å². The highest BCUT2D eigenvalue weighted by Crippen LogP contribution is 1.97. The van der Waals surface area contributed by atoms with E-state index in [0.717, 1.165) is 11.1 Å². The maximum atomic E-state index is 10.8. The lowest BCUT2D eigenvalue weighted by Gasteiger charge is -1.92. The lowest BCUT2D eigenvalue weighted by molar-refractivity contribution is -0.134. The van der Waals surface area contributed by atoms with Gasteiger partial charge in [0.2, 0.25) is 0 Å². The summed E-state index contributed by atoms with van der Waals surface area (Å²) in [6.45, 7) is 3.67. The van der Waals surface area contributed by atoms with Crippen LogP contribution in [0.25, 0.3) is 0 Å². The van der Waals surface area contributed by atoms with Gasteiger partial charge in [-0.15, -0.1) is 0 Å². The van der Waals surface area contributed by atoms with E-state index in [0.29, 0.717) is 0 Å². The van der Waals surface area contributed by atoms with Crippen LogP contribution >= 0.6 is 0 Å². The average molecular weight is 196 g/mol. The van der Waals surface area contributed by atoms with Gasteiger partial charge in [-0.05, 0) is 25.0 Å². The van der Waals surface area contributed by atoms with Gasteiger partial charge in [0.25, 0.3) is 0 Å². The van der Waals surface area contributed by atoms with Gasteiger partial charge in [-0.25, -0.2) is 4.79 Å². The zero-order valence-electron chi connectivity index (χ0n) is 8.78. The third kappa shape index (κ3) is 6.20. The summed E-state index contributed by atoms with van der Waals surface area (Å²) < 4.78 is 4.46. The minimum Gasteiger partial charge on any atom is -0.466 e. The summed E-state index contributed by atoms with van der Waals surface area (Å²) in [5, 5.41) is 8.69. The first kappa shape index (κ1) is 12.7. The minimum absolute atomic E-state index is 0.0457. The third-order valence-corrected chi connectivity index (χ3v) is 1.54. The second kappa shape index (κ2) is 7.09. The summed E-state index contributed by atoms with van der Waals surface area (Å²) in [6.07, 6.45) is 6.74. The van der Waals surface area contributed by atoms with Crippen molar-refractivity contribution in [3.05, 3.63) is 35.5 Å². The Hall–Kier alpha value is -1.35. The molecule has 0 radical (unpaired) electrons. The van der Waals surface area contributed by atoms with Crippen LogP contribution in [0, 0.1) is 0 Å². The number of ether oxygens (including phenoxy) is 1. The van der Waals surface area contributed by atoms with Crippen LogP contribution in [-0.4, -0.2) is 24.8 Å². The normalized spacial score (nSPS) is 13.4. The highest BCUT2D eigenvalue weighted by Gasteiger charge is 1.92. The van der Waals surface area contributed by atoms with Gasteiger partial charge >= 0.3 is 5.97 Å². The van der Waals surface area contributed by atoms with Gasteiger partial charge in [0.05, 0.1) is 13.7 Å². The predicted molar refractivity (Wildman–Crippen MR) is 55.8 cm³/mol. The Labute approximate surface area is 84.4 Å². The Balaban J connectivity index is 4.25. The number of methoxy groups -OCH3 is 1. The van der Waals surface area contributed by atoms with E-state index in [4.69, 9.17) is 5.11 Å². The first-order valence-electron chi connectivity index (χ1n) is 4.31. The number of carbonyl (C=O) groups is 1. The summed E-state index contributed by atoms with van der Waals surface area (Å²) in [5.41, 5.74) is 1.67. The van der Waals surface area contributed by atoms with Crippen LogP contribution in [0.2, 0.25) is 0 Å². The first-order valence-corrected chi connectivity index (χ1v) is 4.31. The van der Waals surface area contributed by atoms with E-state index in [9.17, 15) is 4.79 Å². The number of aliphatic hydroxyl groups excluding tert-OH is 1. The largest absolute Gasteiger partial charge is 0.466 e. The van der Waals surface area contributed by atoms with Crippen molar-refractivity contribution in [3.63, 3.8) is 0 Å². The van der Waals surface area contributed by atoms with Crippen molar-refractivity contribution in [2.24, 2.45) is 0 Å². The molecule has 0 saturated carbocycles. The summed E-state index contributed by atoms with van der Waals surface area (Å²) >= 11 is 0. The lowest BCUT2D eigenvalue weighted by atomic mass is 10.2. The Morgan fingerprint density at radius 1 is 1.43 bits per heavy atom. The minimum atomic E-state index is -0.366. The Bertz CT molecular complexity index is 272. The van der Waals surface area contributed by atoms with Crippen molar-refractivity contribution in [2.75, 3.05) is 13.7 Å². The van der Waals surface area contributed by atoms with Crippen molar-refractivity contribution < 1.29 is 14.6 Å². The van der Waals surface area contributed by atoms with Gasteiger partial charge < -0.3 is 9.84 Å². The molecule has 0 bridgehead atoms. The van der Waals surface area contributed by atoms with Crippen molar-refractivity contribution in [3.8, 4) is 0 Å². The van der Waals surface area contributed by atoms with Crippen LogP contribution in [0.1, 0.15) is 13.8 Å². The lowest BCUT2D eigenvalue weighted by Crippen LogP contribution is -1.94. The van der Waals surface area contributed by atoms with E-state index in [1.807, 2.05) is 6.92 Å². The molecule has 0 heterocycles. The predicted octanol–water partition coefficient (Wildman–Crippen LogP) is 1.60. The SMILES string of the molecule is COC(=O)/C=C(C)/C=C/C=C(\C)CO. The van der Waals surface area contributed by atoms with Crippen LogP contribution < -0.4 is 0 Å². The molecule has 0 aromatic carbocycles. The molecule has 0 aliphatic carbocycles. The van der Waals surface area contributed by atoms with Gasteiger partial charge in [-0.2, -0.15) is 0 Å². The van der Waals surface area contributed by atoms with Gasteiger partial charge in [0.15, 0.2) is 0 Å². The summed E-state index contributed by atoms with van der Waals surface area (Å²) in [4.78, 5) is 10.8. The van der Waals surface area contributed by atoms with Crippen LogP contribution in [-0.2, 0) is 9.53 Å². The molecule has 78 valence electrons. The van der Waals surface area contributed by atoms with E-state index >= 15 is 0 Å². The Kier molecular flexibility index (Phi) is 6.41. The van der Waals surface area contributed by atoms with E-state index in [-0.39, 0.29) is 12.6 Å². The molecule has 0 fully saturated rings. The van der Waals surface area contributed by atoms with Gasteiger partial charge in [-0.1, -0.05) is 18.2 Å². The Morgan fingerprint density at radius 3 is 2.57 bits per heavy atom. The number of carbonyl (C=O) groups excluding carboxylic acids is 1. The molecule has 0 aliphatic heterocycles. The highest BCUT2D eigenvalue weighted by molar-refractivity contribution is 5.83. The molecule has 0 unspecified atom stereocenters. The number of rotatable bonds is 4. The maximum absolute atomic E-state index is 10.8. The molecule has 0 rings (SSSR count). The van der Waals surface area contributed by atoms with E-state index in [2.05, 4.69) is 4.74 Å². The van der Waals surface area contributed by atoms with Crippen LogP contribution in [0.5, 0.6) is 0 Å². The summed E-state index contributed by atoms with van der Waals surface area (Å²) in [7, 11) is 1.34. The molecule has 0 atom stereocenters. The molecule has 3 nitrogen and oxygen atoms in total. The third-order valence-electron chi connectivity index (χ3n) is 1.54. The molecule has 0 aromatic heterocycles. The van der Waals surface area contributed by atoms with Gasteiger partial charge in [0, 0.05) is 6.08 Å². The van der Waals surface area contributed by atoms with E-state index < -0.39 is 0 Å². The highest BCUT2D eigenvalue weighted by atomic mass is 16.5. The van der Waals surface area contributed by atoms with Crippen LogP contribution in [0.4, 0.5) is 0 Å². The van der Waals surface area contributed by atoms with Crippen molar-refractivity contribution in [1.82, 2.24) is 0 Å². The number of esters is 1. The van der Waals surface area contributed by atoms with Crippen molar-refractivity contribution in [1.29, 1.82) is 0 Å². The molecule has 3 heteroatoms. The smallest absolute Gasteiger partial charge is 0.330 e. The quantitative estimate of drug-likeness (QED) is 0.422. The summed E-state index contributed by atoms with van der Waals surface area (Å²) in [6, 6.07) is 0. The van der Waals surface area contributed by atoms with Crippen LogP contribution in [0.15, 0.2) is 35.5 Å². The Morgan fingerprint density at radius 2 is 2.07 bits per heavy atom. The number of aliphatic hydroxyl groups is 1. The fourth-order valence-corrected chi connectivity index (χ4v) is 0.710. The van der Waals surface area contributed by atoms with Gasteiger partial charge in [-0.3, -0.25) is 0 Å². The number of hydrogen-bond donors (Lipinski definition) is 1. The number of hydrogen-bond acceptors (Lipinski definition) is 3. The molecule has 0 aromatic rings. The fourth-order valence-electron chi connectivity index (χ4n) is 0.710. The van der Waals surface area contributed by atoms with Gasteiger partial charge in [0.1, 0.15) is 0 Å².